The van der Waals surface area contributed by atoms with Gasteiger partial charge in [-0.1, -0.05) is 0 Å². The van der Waals surface area contributed by atoms with E-state index in [0.717, 1.165) is 0 Å². The minimum Gasteiger partial charge on any atom is -0.478 e. The molecule has 0 aliphatic rings. The Hall–Kier alpha value is -2.42. The number of nitrogens with zero attached hydrogens (tertiary/aromatic N) is 2. The van der Waals surface area contributed by atoms with Crippen LogP contribution in [0, 0.1) is 0 Å². The molecule has 2 aromatic rings. The van der Waals surface area contributed by atoms with Gasteiger partial charge in [-0.3, -0.25) is 4.79 Å². The Kier molecular flexibility index (Phi) is 3.47. The van der Waals surface area contributed by atoms with Crippen molar-refractivity contribution in [1.82, 2.24) is 10.3 Å². The predicted octanol–water partition coefficient (Wildman–Crippen LogP) is 1.36. The molecule has 1 aromatic heterocycles. The third-order valence-electron chi connectivity index (χ3n) is 2.19. The molecule has 98 valence electrons. The van der Waals surface area contributed by atoms with Crippen LogP contribution in [-0.4, -0.2) is 27.3 Å². The Morgan fingerprint density at radius 1 is 1.37 bits per heavy atom. The number of benzene rings is 1. The van der Waals surface area contributed by atoms with Crippen LogP contribution in [0.2, 0.25) is 0 Å². The molecule has 0 radical (unpaired) electrons. The first kappa shape index (κ1) is 13.0. The van der Waals surface area contributed by atoms with Gasteiger partial charge in [-0.05, 0) is 44.4 Å². The lowest BCUT2D eigenvalue weighted by Crippen LogP contribution is -2.15. The van der Waals surface area contributed by atoms with E-state index in [9.17, 15) is 9.59 Å². The van der Waals surface area contributed by atoms with Gasteiger partial charge in [0, 0.05) is 4.47 Å². The van der Waals surface area contributed by atoms with Gasteiger partial charge >= 0.3 is 5.97 Å². The molecule has 1 amide bonds. The van der Waals surface area contributed by atoms with Crippen molar-refractivity contribution in [3.63, 3.8) is 0 Å². The number of amides is 1. The molecule has 19 heavy (non-hydrogen) atoms. The van der Waals surface area contributed by atoms with E-state index in [0.29, 0.717) is 4.47 Å². The Morgan fingerprint density at radius 2 is 2.11 bits per heavy atom. The molecule has 0 spiro atoms. The average molecular weight is 327 g/mol. The summed E-state index contributed by atoms with van der Waals surface area (Å²) in [5.41, 5.74) is 5.51. The van der Waals surface area contributed by atoms with Gasteiger partial charge in [-0.25, -0.2) is 9.42 Å². The second-order valence-corrected chi connectivity index (χ2v) is 4.31. The lowest BCUT2D eigenvalue weighted by molar-refractivity contribution is 0.0696. The van der Waals surface area contributed by atoms with Gasteiger partial charge in [0.1, 0.15) is 0 Å². The summed E-state index contributed by atoms with van der Waals surface area (Å²) in [5, 5.41) is 18.0. The summed E-state index contributed by atoms with van der Waals surface area (Å²) < 4.78 is 4.82. The van der Waals surface area contributed by atoms with Crippen molar-refractivity contribution in [3.8, 4) is 0 Å². The number of rotatable bonds is 3. The van der Waals surface area contributed by atoms with Crippen LogP contribution in [0.5, 0.6) is 0 Å². The molecule has 0 unspecified atom stereocenters. The van der Waals surface area contributed by atoms with Crippen LogP contribution in [0.15, 0.2) is 27.3 Å². The molecule has 2 rings (SSSR count). The summed E-state index contributed by atoms with van der Waals surface area (Å²) in [6.07, 6.45) is 0. The van der Waals surface area contributed by atoms with E-state index in [4.69, 9.17) is 10.8 Å². The van der Waals surface area contributed by atoms with Gasteiger partial charge in [0.05, 0.1) is 11.3 Å². The van der Waals surface area contributed by atoms with Gasteiger partial charge in [0.15, 0.2) is 0 Å². The maximum Gasteiger partial charge on any atom is 0.335 e. The molecule has 1 heterocycles. The van der Waals surface area contributed by atoms with Crippen molar-refractivity contribution in [2.45, 2.75) is 0 Å². The molecule has 0 atom stereocenters. The maximum atomic E-state index is 11.8. The highest BCUT2D eigenvalue weighted by Crippen LogP contribution is 2.24. The largest absolute Gasteiger partial charge is 0.478 e. The average Bonchev–Trinajstić information content (AvgIpc) is 2.78. The molecule has 8 nitrogen and oxygen atoms in total. The number of carboxylic acid groups (broad SMARTS) is 1. The molecule has 0 saturated carbocycles. The lowest BCUT2D eigenvalue weighted by Gasteiger charge is -2.06. The number of carbonyl (C=O) groups is 2. The molecular weight excluding hydrogens is 320 g/mol. The van der Waals surface area contributed by atoms with Crippen LogP contribution in [0.25, 0.3) is 0 Å². The third kappa shape index (κ3) is 2.71. The molecule has 0 saturated heterocycles. The summed E-state index contributed by atoms with van der Waals surface area (Å²) in [6, 6.07) is 4.20. The number of nitrogens with one attached hydrogen (secondary N) is 1. The van der Waals surface area contributed by atoms with E-state index >= 15 is 0 Å². The number of halogens is 1. The Morgan fingerprint density at radius 3 is 2.68 bits per heavy atom. The molecule has 0 fully saturated rings. The standard InChI is InChI=1S/C10H7BrN4O4/c11-5-2-1-4(10(17)18)3-6(5)13-9(16)7-8(12)15-19-14-7/h1-3H,(H2,12,15)(H,13,16)(H,17,18). The van der Waals surface area contributed by atoms with Crippen molar-refractivity contribution in [3.05, 3.63) is 33.9 Å². The van der Waals surface area contributed by atoms with E-state index in [2.05, 4.69) is 36.2 Å². The molecule has 9 heteroatoms. The normalized spacial score (nSPS) is 10.2. The first-order valence-corrected chi connectivity index (χ1v) is 5.70. The van der Waals surface area contributed by atoms with Gasteiger partial charge in [0.2, 0.25) is 11.5 Å². The summed E-state index contributed by atoms with van der Waals surface area (Å²) in [6.45, 7) is 0. The van der Waals surface area contributed by atoms with Crippen LogP contribution < -0.4 is 11.1 Å². The van der Waals surface area contributed by atoms with Gasteiger partial charge in [-0.2, -0.15) is 0 Å². The zero-order valence-corrected chi connectivity index (χ0v) is 10.8. The molecule has 0 aliphatic heterocycles. The quantitative estimate of drug-likeness (QED) is 0.775. The number of nitrogens with two attached hydrogens (primary N) is 1. The summed E-state index contributed by atoms with van der Waals surface area (Å²) in [5.74, 6) is -1.91. The Bertz CT molecular complexity index is 655. The zero-order chi connectivity index (χ0) is 14.0. The van der Waals surface area contributed by atoms with Crippen molar-refractivity contribution in [2.24, 2.45) is 0 Å². The van der Waals surface area contributed by atoms with E-state index in [1.54, 1.807) is 0 Å². The van der Waals surface area contributed by atoms with Crippen molar-refractivity contribution < 1.29 is 19.3 Å². The fourth-order valence-corrected chi connectivity index (χ4v) is 1.63. The number of aromatic nitrogens is 2. The van der Waals surface area contributed by atoms with Crippen LogP contribution in [-0.2, 0) is 0 Å². The number of carbonyl (C=O) groups excluding carboxylic acids is 1. The lowest BCUT2D eigenvalue weighted by atomic mass is 10.2. The molecule has 1 aromatic carbocycles. The van der Waals surface area contributed by atoms with E-state index in [1.807, 2.05) is 0 Å². The smallest absolute Gasteiger partial charge is 0.335 e. The van der Waals surface area contributed by atoms with Gasteiger partial charge in [0.25, 0.3) is 5.91 Å². The highest BCUT2D eigenvalue weighted by atomic mass is 79.9. The molecule has 0 aliphatic carbocycles. The molecular formula is C10H7BrN4O4. The van der Waals surface area contributed by atoms with Gasteiger partial charge < -0.3 is 16.2 Å². The number of aromatic carboxylic acids is 1. The topological polar surface area (TPSA) is 131 Å². The van der Waals surface area contributed by atoms with E-state index in [-0.39, 0.29) is 22.8 Å². The van der Waals surface area contributed by atoms with Crippen molar-refractivity contribution in [2.75, 3.05) is 11.1 Å². The minimum atomic E-state index is -1.11. The van der Waals surface area contributed by atoms with Crippen molar-refractivity contribution in [1.29, 1.82) is 0 Å². The Labute approximate surface area is 114 Å². The van der Waals surface area contributed by atoms with E-state index in [1.165, 1.54) is 18.2 Å². The summed E-state index contributed by atoms with van der Waals surface area (Å²) in [7, 11) is 0. The SMILES string of the molecule is Nc1nonc1C(=O)Nc1cc(C(=O)O)ccc1Br. The highest BCUT2D eigenvalue weighted by molar-refractivity contribution is 9.10. The van der Waals surface area contributed by atoms with Crippen LogP contribution in [0.4, 0.5) is 11.5 Å². The van der Waals surface area contributed by atoms with E-state index < -0.39 is 11.9 Å². The number of hydrogen-bond acceptors (Lipinski definition) is 6. The molecule has 4 N–H and O–H groups in total. The number of nitrogen functional groups attached to an aromatic ring is 1. The second-order valence-electron chi connectivity index (χ2n) is 3.45. The predicted molar refractivity (Wildman–Crippen MR) is 67.8 cm³/mol. The fourth-order valence-electron chi connectivity index (χ4n) is 1.29. The summed E-state index contributed by atoms with van der Waals surface area (Å²) in [4.78, 5) is 22.7. The number of anilines is 2. The minimum absolute atomic E-state index is 0.0322. The van der Waals surface area contributed by atoms with Crippen LogP contribution in [0.1, 0.15) is 20.8 Å². The maximum absolute atomic E-state index is 11.8. The second kappa shape index (κ2) is 5.06. The first-order valence-electron chi connectivity index (χ1n) is 4.91. The van der Waals surface area contributed by atoms with Crippen LogP contribution >= 0.6 is 15.9 Å². The third-order valence-corrected chi connectivity index (χ3v) is 2.88. The summed E-state index contributed by atoms with van der Waals surface area (Å²) >= 11 is 3.19. The highest BCUT2D eigenvalue weighted by Gasteiger charge is 2.17. The zero-order valence-electron chi connectivity index (χ0n) is 9.25. The number of hydrogen-bond donors (Lipinski definition) is 3. The monoisotopic (exact) mass is 326 g/mol. The van der Waals surface area contributed by atoms with Gasteiger partial charge in [-0.15, -0.1) is 0 Å². The number of carboxylic acids is 1. The van der Waals surface area contributed by atoms with Crippen LogP contribution in [0.3, 0.4) is 0 Å². The van der Waals surface area contributed by atoms with Crippen molar-refractivity contribution >= 4 is 39.3 Å². The fraction of sp³-hybridized carbons (Fsp3) is 0. The first-order chi connectivity index (χ1) is 8.99. The Balaban J connectivity index is 2.28. The molecule has 0 bridgehead atoms.